The van der Waals surface area contributed by atoms with Gasteiger partial charge >= 0.3 is 0 Å². The zero-order valence-corrected chi connectivity index (χ0v) is 18.2. The zero-order chi connectivity index (χ0) is 17.5. The van der Waals surface area contributed by atoms with Crippen molar-refractivity contribution in [2.24, 2.45) is 0 Å². The molecule has 0 fully saturated rings. The summed E-state index contributed by atoms with van der Waals surface area (Å²) in [6, 6.07) is 0. The van der Waals surface area contributed by atoms with Gasteiger partial charge in [0, 0.05) is 12.3 Å². The second kappa shape index (κ2) is 15.6. The van der Waals surface area contributed by atoms with Crippen molar-refractivity contribution in [1.82, 2.24) is 14.7 Å². The van der Waals surface area contributed by atoms with Gasteiger partial charge in [-0.05, 0) is 79.0 Å². The lowest BCUT2D eigenvalue weighted by molar-refractivity contribution is 0.188. The highest BCUT2D eigenvalue weighted by Gasteiger charge is 2.09. The van der Waals surface area contributed by atoms with E-state index in [9.17, 15) is 0 Å². The Labute approximate surface area is 148 Å². The van der Waals surface area contributed by atoms with E-state index < -0.39 is 9.76 Å². The number of hydrogen-bond acceptors (Lipinski definition) is 4. The van der Waals surface area contributed by atoms with Crippen LogP contribution in [0.3, 0.4) is 0 Å². The summed E-state index contributed by atoms with van der Waals surface area (Å²) in [6.45, 7) is 16.1. The average Bonchev–Trinajstić information content (AvgIpc) is 2.57. The summed E-state index contributed by atoms with van der Waals surface area (Å²) in [4.78, 5) is 7.46. The van der Waals surface area contributed by atoms with Gasteiger partial charge in [-0.1, -0.05) is 27.7 Å². The van der Waals surface area contributed by atoms with E-state index in [0.29, 0.717) is 6.10 Å². The van der Waals surface area contributed by atoms with Gasteiger partial charge in [0.2, 0.25) is 0 Å². The number of hydrogen-bond donors (Lipinski definition) is 0. The van der Waals surface area contributed by atoms with E-state index in [2.05, 4.69) is 56.5 Å². The Morgan fingerprint density at radius 1 is 0.783 bits per heavy atom. The van der Waals surface area contributed by atoms with Crippen LogP contribution in [-0.4, -0.2) is 90.1 Å². The molecule has 0 spiro atoms. The van der Waals surface area contributed by atoms with E-state index in [1.165, 1.54) is 45.2 Å². The maximum absolute atomic E-state index is 6.14. The minimum Gasteiger partial charge on any atom is -0.420 e. The van der Waals surface area contributed by atoms with E-state index in [-0.39, 0.29) is 0 Å². The summed E-state index contributed by atoms with van der Waals surface area (Å²) in [5.74, 6) is 0. The summed E-state index contributed by atoms with van der Waals surface area (Å²) in [5, 5.41) is 0. The molecule has 0 aromatic rings. The van der Waals surface area contributed by atoms with Gasteiger partial charge < -0.3 is 19.1 Å². The van der Waals surface area contributed by atoms with Crippen molar-refractivity contribution in [3.05, 3.63) is 0 Å². The van der Waals surface area contributed by atoms with Gasteiger partial charge in [0.25, 0.3) is 0 Å². The van der Waals surface area contributed by atoms with E-state index in [4.69, 9.17) is 4.43 Å². The molecular weight excluding hydrogens is 302 g/mol. The molecule has 0 radical (unpaired) electrons. The SMILES string of the molecule is CCC(CC)O[SiH2]CN(CCCN(C)CC)CCCN(C)CC. The quantitative estimate of drug-likeness (QED) is 0.399. The summed E-state index contributed by atoms with van der Waals surface area (Å²) in [6.07, 6.45) is 6.57. The Hall–Kier alpha value is 0.0569. The molecule has 0 heterocycles. The first-order valence-corrected chi connectivity index (χ1v) is 11.4. The van der Waals surface area contributed by atoms with E-state index >= 15 is 0 Å². The van der Waals surface area contributed by atoms with Crippen molar-refractivity contribution in [3.8, 4) is 0 Å². The number of rotatable bonds is 16. The van der Waals surface area contributed by atoms with Crippen LogP contribution in [0.2, 0.25) is 0 Å². The van der Waals surface area contributed by atoms with Crippen LogP contribution < -0.4 is 0 Å². The molecule has 23 heavy (non-hydrogen) atoms. The predicted molar refractivity (Wildman–Crippen MR) is 106 cm³/mol. The smallest absolute Gasteiger partial charge is 0.175 e. The molecule has 0 rings (SSSR count). The van der Waals surface area contributed by atoms with Crippen LogP contribution in [0.1, 0.15) is 53.4 Å². The van der Waals surface area contributed by atoms with Gasteiger partial charge in [0.05, 0.1) is 0 Å². The molecule has 0 aromatic carbocycles. The normalized spacial score (nSPS) is 12.8. The van der Waals surface area contributed by atoms with Gasteiger partial charge in [0.1, 0.15) is 0 Å². The van der Waals surface area contributed by atoms with Crippen LogP contribution in [0.25, 0.3) is 0 Å². The van der Waals surface area contributed by atoms with Gasteiger partial charge in [-0.3, -0.25) is 0 Å². The van der Waals surface area contributed by atoms with Gasteiger partial charge in [-0.25, -0.2) is 0 Å². The Bertz CT molecular complexity index is 236. The molecule has 0 aliphatic heterocycles. The fraction of sp³-hybridized carbons (Fsp3) is 1.00. The van der Waals surface area contributed by atoms with Crippen molar-refractivity contribution in [3.63, 3.8) is 0 Å². The largest absolute Gasteiger partial charge is 0.420 e. The molecule has 0 aromatic heterocycles. The van der Waals surface area contributed by atoms with Crippen molar-refractivity contribution >= 4 is 9.76 Å². The molecule has 0 saturated carbocycles. The topological polar surface area (TPSA) is 19.0 Å². The molecule has 0 bridgehead atoms. The second-order valence-corrected chi connectivity index (χ2v) is 7.84. The Balaban J connectivity index is 4.09. The minimum atomic E-state index is -0.412. The predicted octanol–water partition coefficient (Wildman–Crippen LogP) is 2.22. The molecule has 0 N–H and O–H groups in total. The maximum Gasteiger partial charge on any atom is 0.175 e. The third-order valence-corrected chi connectivity index (χ3v) is 6.30. The Morgan fingerprint density at radius 3 is 1.65 bits per heavy atom. The van der Waals surface area contributed by atoms with Crippen molar-refractivity contribution in [2.45, 2.75) is 59.5 Å². The molecule has 0 amide bonds. The summed E-state index contributed by atoms with van der Waals surface area (Å²) in [7, 11) is 4.02. The van der Waals surface area contributed by atoms with E-state index in [1.54, 1.807) is 0 Å². The molecule has 0 aliphatic rings. The lowest BCUT2D eigenvalue weighted by Crippen LogP contribution is -2.35. The number of nitrogens with zero attached hydrogens (tertiary/aromatic N) is 3. The summed E-state index contributed by atoms with van der Waals surface area (Å²) in [5.41, 5.74) is 0. The summed E-state index contributed by atoms with van der Waals surface area (Å²) >= 11 is 0. The first-order valence-electron chi connectivity index (χ1n) is 9.78. The highest BCUT2D eigenvalue weighted by Crippen LogP contribution is 2.03. The van der Waals surface area contributed by atoms with Crippen LogP contribution in [0.4, 0.5) is 0 Å². The third-order valence-electron chi connectivity index (χ3n) is 4.78. The fourth-order valence-corrected chi connectivity index (χ4v) is 4.27. The second-order valence-electron chi connectivity index (χ2n) is 6.65. The van der Waals surface area contributed by atoms with Crippen molar-refractivity contribution < 1.29 is 4.43 Å². The maximum atomic E-state index is 6.14. The van der Waals surface area contributed by atoms with Crippen LogP contribution in [0, 0.1) is 0 Å². The van der Waals surface area contributed by atoms with Crippen LogP contribution in [0.5, 0.6) is 0 Å². The van der Waals surface area contributed by atoms with Crippen LogP contribution in [0.15, 0.2) is 0 Å². The lowest BCUT2D eigenvalue weighted by Gasteiger charge is -2.25. The van der Waals surface area contributed by atoms with E-state index in [1.807, 2.05) is 0 Å². The lowest BCUT2D eigenvalue weighted by atomic mass is 10.2. The first kappa shape index (κ1) is 23.1. The molecule has 0 atom stereocenters. The van der Waals surface area contributed by atoms with Crippen LogP contribution >= 0.6 is 0 Å². The molecule has 5 heteroatoms. The van der Waals surface area contributed by atoms with Crippen LogP contribution in [-0.2, 0) is 4.43 Å². The van der Waals surface area contributed by atoms with Crippen molar-refractivity contribution in [1.29, 1.82) is 0 Å². The van der Waals surface area contributed by atoms with Gasteiger partial charge in [0.15, 0.2) is 9.76 Å². The first-order chi connectivity index (χ1) is 11.1. The standard InChI is InChI=1S/C18H43N3OSi/c1-7-18(8-2)22-23-17-21(15-11-13-19(5)9-3)16-12-14-20(6)10-4/h18H,7-17,23H2,1-6H3. The van der Waals surface area contributed by atoms with E-state index in [0.717, 1.165) is 25.9 Å². The molecule has 0 aliphatic carbocycles. The molecule has 0 unspecified atom stereocenters. The highest BCUT2D eigenvalue weighted by molar-refractivity contribution is 6.27. The third kappa shape index (κ3) is 13.1. The van der Waals surface area contributed by atoms with Gasteiger partial charge in [-0.15, -0.1) is 0 Å². The summed E-state index contributed by atoms with van der Waals surface area (Å²) < 4.78 is 6.14. The molecule has 0 saturated heterocycles. The highest BCUT2D eigenvalue weighted by atomic mass is 28.2. The molecular formula is C18H43N3OSi. The monoisotopic (exact) mass is 345 g/mol. The Kier molecular flexibility index (Phi) is 15.6. The van der Waals surface area contributed by atoms with Gasteiger partial charge in [-0.2, -0.15) is 0 Å². The zero-order valence-electron chi connectivity index (χ0n) is 16.8. The molecule has 140 valence electrons. The fourth-order valence-electron chi connectivity index (χ4n) is 2.65. The minimum absolute atomic E-state index is 0.412. The average molecular weight is 346 g/mol. The Morgan fingerprint density at radius 2 is 1.26 bits per heavy atom. The van der Waals surface area contributed by atoms with Crippen molar-refractivity contribution in [2.75, 3.05) is 59.5 Å². The molecule has 4 nitrogen and oxygen atoms in total.